The first kappa shape index (κ1) is 11.4. The standard InChI is InChI=1S/C12H24N2O/c1-13-11-6-2-3-7-12(11)14-8-4-5-10(15)9-14/h10-13,15H,2-9H2,1H3. The maximum Gasteiger partial charge on any atom is 0.0667 e. The fraction of sp³-hybridized carbons (Fsp3) is 1.00. The fourth-order valence-corrected chi connectivity index (χ4v) is 3.17. The van der Waals surface area contributed by atoms with E-state index in [0.29, 0.717) is 12.1 Å². The first-order valence-corrected chi connectivity index (χ1v) is 6.40. The molecular weight excluding hydrogens is 188 g/mol. The van der Waals surface area contributed by atoms with Crippen LogP contribution < -0.4 is 5.32 Å². The van der Waals surface area contributed by atoms with Gasteiger partial charge in [-0.1, -0.05) is 12.8 Å². The molecule has 1 aliphatic heterocycles. The number of β-amino-alcohol motifs (C(OH)–C–C–N with tert-alkyl or cyclic N) is 1. The van der Waals surface area contributed by atoms with Crippen molar-refractivity contribution in [3.8, 4) is 0 Å². The molecule has 3 unspecified atom stereocenters. The Balaban J connectivity index is 1.94. The first-order chi connectivity index (χ1) is 7.31. The van der Waals surface area contributed by atoms with Gasteiger partial charge in [0, 0.05) is 18.6 Å². The lowest BCUT2D eigenvalue weighted by molar-refractivity contribution is 0.0260. The molecule has 0 aromatic rings. The van der Waals surface area contributed by atoms with E-state index in [2.05, 4.69) is 17.3 Å². The van der Waals surface area contributed by atoms with Crippen LogP contribution in [0.1, 0.15) is 38.5 Å². The van der Waals surface area contributed by atoms with Crippen LogP contribution in [-0.4, -0.2) is 48.3 Å². The fourth-order valence-electron chi connectivity index (χ4n) is 3.17. The Labute approximate surface area is 92.8 Å². The predicted octanol–water partition coefficient (Wildman–Crippen LogP) is 0.974. The molecule has 88 valence electrons. The Hall–Kier alpha value is -0.120. The van der Waals surface area contributed by atoms with Crippen molar-refractivity contribution in [2.75, 3.05) is 20.1 Å². The summed E-state index contributed by atoms with van der Waals surface area (Å²) in [5.41, 5.74) is 0. The lowest BCUT2D eigenvalue weighted by Crippen LogP contribution is -2.54. The second-order valence-corrected chi connectivity index (χ2v) is 5.04. The number of likely N-dealkylation sites (N-methyl/N-ethyl adjacent to an activating group) is 1. The largest absolute Gasteiger partial charge is 0.392 e. The third kappa shape index (κ3) is 2.71. The summed E-state index contributed by atoms with van der Waals surface area (Å²) < 4.78 is 0. The molecule has 0 spiro atoms. The van der Waals surface area contributed by atoms with Gasteiger partial charge in [-0.05, 0) is 39.3 Å². The Morgan fingerprint density at radius 3 is 2.67 bits per heavy atom. The summed E-state index contributed by atoms with van der Waals surface area (Å²) in [7, 11) is 2.07. The second kappa shape index (κ2) is 5.28. The Morgan fingerprint density at radius 1 is 1.13 bits per heavy atom. The highest BCUT2D eigenvalue weighted by molar-refractivity contribution is 4.89. The zero-order chi connectivity index (χ0) is 10.7. The average Bonchev–Trinajstić information content (AvgIpc) is 2.29. The number of rotatable bonds is 2. The van der Waals surface area contributed by atoms with Crippen LogP contribution in [0.5, 0.6) is 0 Å². The monoisotopic (exact) mass is 212 g/mol. The van der Waals surface area contributed by atoms with Crippen LogP contribution in [0.15, 0.2) is 0 Å². The summed E-state index contributed by atoms with van der Waals surface area (Å²) >= 11 is 0. The van der Waals surface area contributed by atoms with Crippen molar-refractivity contribution < 1.29 is 5.11 Å². The summed E-state index contributed by atoms with van der Waals surface area (Å²) in [5.74, 6) is 0. The minimum Gasteiger partial charge on any atom is -0.392 e. The van der Waals surface area contributed by atoms with Gasteiger partial charge >= 0.3 is 0 Å². The zero-order valence-corrected chi connectivity index (χ0v) is 9.78. The number of piperidine rings is 1. The molecule has 2 aliphatic rings. The molecular formula is C12H24N2O. The summed E-state index contributed by atoms with van der Waals surface area (Å²) in [4.78, 5) is 2.51. The Morgan fingerprint density at radius 2 is 1.93 bits per heavy atom. The quantitative estimate of drug-likeness (QED) is 0.716. The maximum atomic E-state index is 9.71. The van der Waals surface area contributed by atoms with Gasteiger partial charge in [-0.3, -0.25) is 4.90 Å². The van der Waals surface area contributed by atoms with Gasteiger partial charge in [0.05, 0.1) is 6.10 Å². The first-order valence-electron chi connectivity index (χ1n) is 6.40. The Bertz CT molecular complexity index is 198. The highest BCUT2D eigenvalue weighted by Crippen LogP contribution is 2.25. The number of likely N-dealkylation sites (tertiary alicyclic amines) is 1. The van der Waals surface area contributed by atoms with Crippen LogP contribution in [-0.2, 0) is 0 Å². The third-order valence-electron chi connectivity index (χ3n) is 4.00. The number of aliphatic hydroxyl groups excluding tert-OH is 1. The number of hydrogen-bond donors (Lipinski definition) is 2. The lowest BCUT2D eigenvalue weighted by atomic mass is 9.88. The molecule has 1 heterocycles. The van der Waals surface area contributed by atoms with E-state index in [1.54, 1.807) is 0 Å². The minimum absolute atomic E-state index is 0.0850. The van der Waals surface area contributed by atoms with Crippen LogP contribution in [0.2, 0.25) is 0 Å². The molecule has 0 aromatic heterocycles. The van der Waals surface area contributed by atoms with Gasteiger partial charge in [0.2, 0.25) is 0 Å². The second-order valence-electron chi connectivity index (χ2n) is 5.04. The summed E-state index contributed by atoms with van der Waals surface area (Å²) in [5, 5.41) is 13.1. The highest BCUT2D eigenvalue weighted by Gasteiger charge is 2.31. The smallest absolute Gasteiger partial charge is 0.0667 e. The predicted molar refractivity (Wildman–Crippen MR) is 61.9 cm³/mol. The highest BCUT2D eigenvalue weighted by atomic mass is 16.3. The van der Waals surface area contributed by atoms with E-state index in [1.165, 1.54) is 32.2 Å². The molecule has 0 bridgehead atoms. The Kier molecular flexibility index (Phi) is 4.00. The topological polar surface area (TPSA) is 35.5 Å². The molecule has 2 N–H and O–H groups in total. The molecule has 1 saturated heterocycles. The van der Waals surface area contributed by atoms with E-state index in [4.69, 9.17) is 0 Å². The van der Waals surface area contributed by atoms with Crippen LogP contribution >= 0.6 is 0 Å². The lowest BCUT2D eigenvalue weighted by Gasteiger charge is -2.42. The third-order valence-corrected chi connectivity index (χ3v) is 4.00. The van der Waals surface area contributed by atoms with Gasteiger partial charge in [0.15, 0.2) is 0 Å². The number of nitrogens with one attached hydrogen (secondary N) is 1. The molecule has 2 rings (SSSR count). The summed E-state index contributed by atoms with van der Waals surface area (Å²) in [6.07, 6.45) is 7.39. The molecule has 0 amide bonds. The van der Waals surface area contributed by atoms with Crippen molar-refractivity contribution in [2.24, 2.45) is 0 Å². The molecule has 1 aliphatic carbocycles. The summed E-state index contributed by atoms with van der Waals surface area (Å²) in [6, 6.07) is 1.31. The van der Waals surface area contributed by atoms with Crippen LogP contribution in [0.4, 0.5) is 0 Å². The normalized spacial score (nSPS) is 39.2. The summed E-state index contributed by atoms with van der Waals surface area (Å²) in [6.45, 7) is 2.07. The van der Waals surface area contributed by atoms with Crippen LogP contribution in [0, 0.1) is 0 Å². The zero-order valence-electron chi connectivity index (χ0n) is 9.78. The van der Waals surface area contributed by atoms with E-state index in [-0.39, 0.29) is 6.10 Å². The molecule has 3 atom stereocenters. The van der Waals surface area contributed by atoms with Gasteiger partial charge in [0.1, 0.15) is 0 Å². The van der Waals surface area contributed by atoms with Crippen LogP contribution in [0.25, 0.3) is 0 Å². The van der Waals surface area contributed by atoms with Crippen molar-refractivity contribution in [1.82, 2.24) is 10.2 Å². The van der Waals surface area contributed by atoms with Crippen LogP contribution in [0.3, 0.4) is 0 Å². The van der Waals surface area contributed by atoms with Gasteiger partial charge in [-0.2, -0.15) is 0 Å². The van der Waals surface area contributed by atoms with E-state index >= 15 is 0 Å². The molecule has 15 heavy (non-hydrogen) atoms. The molecule has 0 aromatic carbocycles. The van der Waals surface area contributed by atoms with E-state index in [1.807, 2.05) is 0 Å². The van der Waals surface area contributed by atoms with Gasteiger partial charge in [-0.25, -0.2) is 0 Å². The van der Waals surface area contributed by atoms with E-state index in [9.17, 15) is 5.11 Å². The SMILES string of the molecule is CNC1CCCCC1N1CCCC(O)C1. The van der Waals surface area contributed by atoms with E-state index < -0.39 is 0 Å². The molecule has 3 nitrogen and oxygen atoms in total. The number of nitrogens with zero attached hydrogens (tertiary/aromatic N) is 1. The number of hydrogen-bond acceptors (Lipinski definition) is 3. The van der Waals surface area contributed by atoms with Crippen molar-refractivity contribution in [3.05, 3.63) is 0 Å². The van der Waals surface area contributed by atoms with Gasteiger partial charge in [-0.15, -0.1) is 0 Å². The average molecular weight is 212 g/mol. The van der Waals surface area contributed by atoms with Crippen molar-refractivity contribution in [3.63, 3.8) is 0 Å². The number of aliphatic hydroxyl groups is 1. The van der Waals surface area contributed by atoms with Gasteiger partial charge in [0.25, 0.3) is 0 Å². The molecule has 1 saturated carbocycles. The van der Waals surface area contributed by atoms with Crippen molar-refractivity contribution >= 4 is 0 Å². The molecule has 2 fully saturated rings. The van der Waals surface area contributed by atoms with Crippen molar-refractivity contribution in [1.29, 1.82) is 0 Å². The van der Waals surface area contributed by atoms with Gasteiger partial charge < -0.3 is 10.4 Å². The minimum atomic E-state index is -0.0850. The van der Waals surface area contributed by atoms with Crippen molar-refractivity contribution in [2.45, 2.75) is 56.7 Å². The molecule has 3 heteroatoms. The maximum absolute atomic E-state index is 9.71. The molecule has 0 radical (unpaired) electrons. The van der Waals surface area contributed by atoms with E-state index in [0.717, 1.165) is 19.4 Å².